The average molecular weight is 404 g/mol. The van der Waals surface area contributed by atoms with Crippen LogP contribution in [0, 0.1) is 0 Å². The molecule has 1 aromatic carbocycles. The van der Waals surface area contributed by atoms with Crippen LogP contribution in [0.5, 0.6) is 0 Å². The fourth-order valence-electron chi connectivity index (χ4n) is 3.86. The molecule has 28 heavy (non-hydrogen) atoms. The number of anilines is 2. The topological polar surface area (TPSA) is 114 Å². The van der Waals surface area contributed by atoms with Crippen molar-refractivity contribution in [2.75, 3.05) is 38.2 Å². The van der Waals surface area contributed by atoms with E-state index in [0.717, 1.165) is 16.8 Å². The molecule has 0 saturated carbocycles. The van der Waals surface area contributed by atoms with Crippen molar-refractivity contribution in [1.82, 2.24) is 18.4 Å². The zero-order valence-corrected chi connectivity index (χ0v) is 16.7. The zero-order valence-electron chi connectivity index (χ0n) is 15.9. The predicted molar refractivity (Wildman–Crippen MR) is 106 cm³/mol. The SMILES string of the molecule is CN(C)S(=O)(=O)N1CCc2c(nn(C(=O)C3CCNc4ccccc43)c2N)C1. The van der Waals surface area contributed by atoms with E-state index in [-0.39, 0.29) is 18.4 Å². The number of nitrogens with two attached hydrogens (primary N) is 1. The summed E-state index contributed by atoms with van der Waals surface area (Å²) in [7, 11) is -0.552. The van der Waals surface area contributed by atoms with Crippen LogP contribution in [0.2, 0.25) is 0 Å². The summed E-state index contributed by atoms with van der Waals surface area (Å²) < 4.78 is 28.6. The Labute approximate surface area is 164 Å². The van der Waals surface area contributed by atoms with Gasteiger partial charge in [-0.3, -0.25) is 4.79 Å². The van der Waals surface area contributed by atoms with E-state index in [1.807, 2.05) is 24.3 Å². The highest BCUT2D eigenvalue weighted by Crippen LogP contribution is 2.34. The van der Waals surface area contributed by atoms with Gasteiger partial charge in [0.2, 0.25) is 0 Å². The summed E-state index contributed by atoms with van der Waals surface area (Å²) in [6, 6.07) is 7.73. The molecular formula is C18H24N6O3S. The molecule has 1 atom stereocenters. The average Bonchev–Trinajstić information content (AvgIpc) is 3.03. The van der Waals surface area contributed by atoms with Gasteiger partial charge in [-0.15, -0.1) is 0 Å². The number of nitrogens with one attached hydrogen (secondary N) is 1. The van der Waals surface area contributed by atoms with Gasteiger partial charge in [0.15, 0.2) is 0 Å². The normalized spacial score (nSPS) is 19.8. The largest absolute Gasteiger partial charge is 0.385 e. The Balaban J connectivity index is 1.66. The van der Waals surface area contributed by atoms with Crippen molar-refractivity contribution in [3.8, 4) is 0 Å². The summed E-state index contributed by atoms with van der Waals surface area (Å²) in [6.45, 7) is 1.13. The van der Waals surface area contributed by atoms with Gasteiger partial charge in [0.05, 0.1) is 18.2 Å². The Bertz CT molecular complexity index is 1030. The first-order valence-electron chi connectivity index (χ1n) is 9.21. The number of benzene rings is 1. The van der Waals surface area contributed by atoms with Gasteiger partial charge in [0.25, 0.3) is 16.1 Å². The minimum Gasteiger partial charge on any atom is -0.385 e. The molecule has 150 valence electrons. The first-order chi connectivity index (χ1) is 13.3. The zero-order chi connectivity index (χ0) is 20.1. The van der Waals surface area contributed by atoms with Crippen molar-refractivity contribution in [2.45, 2.75) is 25.3 Å². The third-order valence-electron chi connectivity index (χ3n) is 5.42. The lowest BCUT2D eigenvalue weighted by molar-refractivity contribution is 0.0859. The number of nitrogen functional groups attached to an aromatic ring is 1. The molecule has 0 spiro atoms. The molecule has 1 unspecified atom stereocenters. The third kappa shape index (κ3) is 2.97. The van der Waals surface area contributed by atoms with Gasteiger partial charge in [-0.1, -0.05) is 18.2 Å². The van der Waals surface area contributed by atoms with Gasteiger partial charge in [0.1, 0.15) is 5.82 Å². The van der Waals surface area contributed by atoms with Crippen LogP contribution in [0.1, 0.15) is 34.0 Å². The number of rotatable bonds is 3. The molecule has 2 aromatic rings. The molecule has 4 rings (SSSR count). The van der Waals surface area contributed by atoms with Crippen molar-refractivity contribution >= 4 is 27.6 Å². The van der Waals surface area contributed by atoms with Gasteiger partial charge in [0, 0.05) is 38.4 Å². The van der Waals surface area contributed by atoms with E-state index in [9.17, 15) is 13.2 Å². The molecule has 0 fully saturated rings. The van der Waals surface area contributed by atoms with E-state index in [1.165, 1.54) is 27.4 Å². The minimum atomic E-state index is -3.54. The summed E-state index contributed by atoms with van der Waals surface area (Å²) in [5, 5.41) is 7.72. The lowest BCUT2D eigenvalue weighted by Crippen LogP contribution is -2.42. The van der Waals surface area contributed by atoms with Crippen molar-refractivity contribution in [2.24, 2.45) is 0 Å². The fraction of sp³-hybridized carbons (Fsp3) is 0.444. The molecule has 3 heterocycles. The lowest BCUT2D eigenvalue weighted by atomic mass is 9.90. The fourth-order valence-corrected chi connectivity index (χ4v) is 4.93. The number of nitrogens with zero attached hydrogens (tertiary/aromatic N) is 4. The van der Waals surface area contributed by atoms with Crippen LogP contribution in [0.25, 0.3) is 0 Å². The molecule has 0 bridgehead atoms. The molecular weight excluding hydrogens is 380 g/mol. The van der Waals surface area contributed by atoms with Crippen LogP contribution >= 0.6 is 0 Å². The van der Waals surface area contributed by atoms with Crippen molar-refractivity contribution in [1.29, 1.82) is 0 Å². The Morgan fingerprint density at radius 2 is 2.07 bits per heavy atom. The summed E-state index contributed by atoms with van der Waals surface area (Å²) in [4.78, 5) is 13.2. The van der Waals surface area contributed by atoms with Crippen molar-refractivity contribution in [3.05, 3.63) is 41.1 Å². The molecule has 9 nitrogen and oxygen atoms in total. The number of hydrogen-bond acceptors (Lipinski definition) is 6. The van der Waals surface area contributed by atoms with Crippen LogP contribution in [-0.4, -0.2) is 59.9 Å². The molecule has 3 N–H and O–H groups in total. The maximum absolute atomic E-state index is 13.2. The highest BCUT2D eigenvalue weighted by Gasteiger charge is 2.35. The summed E-state index contributed by atoms with van der Waals surface area (Å²) in [6.07, 6.45) is 1.09. The number of aromatic nitrogens is 2. The second kappa shape index (κ2) is 6.87. The number of hydrogen-bond donors (Lipinski definition) is 2. The van der Waals surface area contributed by atoms with Crippen LogP contribution in [-0.2, 0) is 23.2 Å². The third-order valence-corrected chi connectivity index (χ3v) is 7.31. The van der Waals surface area contributed by atoms with Crippen LogP contribution in [0.15, 0.2) is 24.3 Å². The molecule has 0 radical (unpaired) electrons. The highest BCUT2D eigenvalue weighted by molar-refractivity contribution is 7.86. The van der Waals surface area contributed by atoms with Gasteiger partial charge in [-0.05, 0) is 24.5 Å². The van der Waals surface area contributed by atoms with Crippen LogP contribution < -0.4 is 11.1 Å². The standard InChI is InChI=1S/C18H24N6O3S/c1-22(2)28(26,27)23-10-8-14-16(11-23)21-24(17(14)19)18(25)13-7-9-20-15-6-4-3-5-12(13)15/h3-6,13,20H,7-11,19H2,1-2H3. The van der Waals surface area contributed by atoms with Gasteiger partial charge >= 0.3 is 0 Å². The first kappa shape index (κ1) is 18.9. The van der Waals surface area contributed by atoms with Crippen LogP contribution in [0.3, 0.4) is 0 Å². The molecule has 10 heteroatoms. The van der Waals surface area contributed by atoms with E-state index in [1.54, 1.807) is 0 Å². The minimum absolute atomic E-state index is 0.114. The number of carbonyl (C=O) groups is 1. The Kier molecular flexibility index (Phi) is 4.64. The van der Waals surface area contributed by atoms with E-state index in [4.69, 9.17) is 5.73 Å². The second-order valence-electron chi connectivity index (χ2n) is 7.29. The van der Waals surface area contributed by atoms with Gasteiger partial charge in [-0.2, -0.15) is 26.8 Å². The molecule has 1 aromatic heterocycles. The summed E-state index contributed by atoms with van der Waals surface area (Å²) in [5.41, 5.74) is 9.45. The predicted octanol–water partition coefficient (Wildman–Crippen LogP) is 0.869. The first-order valence-corrected chi connectivity index (χ1v) is 10.6. The Morgan fingerprint density at radius 1 is 1.32 bits per heavy atom. The Hall–Kier alpha value is -2.43. The maximum atomic E-state index is 13.2. The molecule has 0 aliphatic carbocycles. The quantitative estimate of drug-likeness (QED) is 0.785. The maximum Gasteiger partial charge on any atom is 0.281 e. The molecule has 2 aliphatic heterocycles. The van der Waals surface area contributed by atoms with E-state index >= 15 is 0 Å². The number of carbonyl (C=O) groups excluding carboxylic acids is 1. The monoisotopic (exact) mass is 404 g/mol. The molecule has 2 aliphatic rings. The van der Waals surface area contributed by atoms with E-state index < -0.39 is 10.2 Å². The summed E-state index contributed by atoms with van der Waals surface area (Å²) in [5.74, 6) is -0.191. The van der Waals surface area contributed by atoms with Crippen molar-refractivity contribution in [3.63, 3.8) is 0 Å². The smallest absolute Gasteiger partial charge is 0.281 e. The Morgan fingerprint density at radius 3 is 2.82 bits per heavy atom. The lowest BCUT2D eigenvalue weighted by Gasteiger charge is -2.27. The van der Waals surface area contributed by atoms with Gasteiger partial charge in [-0.25, -0.2) is 0 Å². The number of fused-ring (bicyclic) bond motifs is 2. The van der Waals surface area contributed by atoms with E-state index in [0.29, 0.717) is 37.4 Å². The molecule has 0 amide bonds. The van der Waals surface area contributed by atoms with Crippen molar-refractivity contribution < 1.29 is 13.2 Å². The summed E-state index contributed by atoms with van der Waals surface area (Å²) >= 11 is 0. The van der Waals surface area contributed by atoms with E-state index in [2.05, 4.69) is 10.4 Å². The molecule has 0 saturated heterocycles. The highest BCUT2D eigenvalue weighted by atomic mass is 32.2. The van der Waals surface area contributed by atoms with Gasteiger partial charge < -0.3 is 11.1 Å². The number of para-hydroxylation sites is 1. The van der Waals surface area contributed by atoms with Crippen LogP contribution in [0.4, 0.5) is 11.5 Å². The second-order valence-corrected chi connectivity index (χ2v) is 9.43.